The molecule has 0 saturated carbocycles. The van der Waals surface area contributed by atoms with E-state index in [4.69, 9.17) is 4.74 Å². The van der Waals surface area contributed by atoms with Crippen LogP contribution < -0.4 is 10.2 Å². The lowest BCUT2D eigenvalue weighted by Gasteiger charge is -2.41. The topological polar surface area (TPSA) is 58.6 Å². The van der Waals surface area contributed by atoms with Gasteiger partial charge in [0, 0.05) is 0 Å². The molecule has 0 bridgehead atoms. The highest BCUT2D eigenvalue weighted by atomic mass is 16.5. The van der Waals surface area contributed by atoms with Crippen molar-refractivity contribution in [3.63, 3.8) is 0 Å². The summed E-state index contributed by atoms with van der Waals surface area (Å²) in [6.45, 7) is 7.62. The minimum absolute atomic E-state index is 0.137. The first-order chi connectivity index (χ1) is 9.88. The number of amides is 1. The van der Waals surface area contributed by atoms with E-state index in [9.17, 15) is 9.59 Å². The summed E-state index contributed by atoms with van der Waals surface area (Å²) in [6.07, 6.45) is 0.760. The second kappa shape index (κ2) is 5.76. The van der Waals surface area contributed by atoms with Crippen LogP contribution >= 0.6 is 0 Å². The molecular weight excluding hydrogens is 268 g/mol. The number of hydrogen-bond donors (Lipinski definition) is 1. The van der Waals surface area contributed by atoms with Crippen molar-refractivity contribution in [1.82, 2.24) is 0 Å². The van der Waals surface area contributed by atoms with E-state index in [1.54, 1.807) is 6.92 Å². The molecule has 0 aliphatic carbocycles. The van der Waals surface area contributed by atoms with E-state index in [0.717, 1.165) is 12.1 Å². The van der Waals surface area contributed by atoms with Gasteiger partial charge in [-0.2, -0.15) is 0 Å². The lowest BCUT2D eigenvalue weighted by atomic mass is 9.96. The van der Waals surface area contributed by atoms with Crippen molar-refractivity contribution in [2.45, 2.75) is 45.7 Å². The number of carbonyl (C=O) groups excluding carboxylic acids is 2. The van der Waals surface area contributed by atoms with Gasteiger partial charge in [-0.15, -0.1) is 0 Å². The Hall–Kier alpha value is -2.04. The zero-order chi connectivity index (χ0) is 15.6. The fraction of sp³-hybridized carbons (Fsp3) is 0.500. The molecule has 0 radical (unpaired) electrons. The molecule has 0 spiro atoms. The maximum absolute atomic E-state index is 12.7. The molecule has 2 rings (SSSR count). The van der Waals surface area contributed by atoms with E-state index in [-0.39, 0.29) is 11.9 Å². The second-order valence-corrected chi connectivity index (χ2v) is 5.79. The fourth-order valence-electron chi connectivity index (χ4n) is 2.40. The maximum atomic E-state index is 12.7. The van der Waals surface area contributed by atoms with Crippen molar-refractivity contribution >= 4 is 23.3 Å². The Morgan fingerprint density at radius 1 is 1.38 bits per heavy atom. The number of hydrogen-bond acceptors (Lipinski definition) is 4. The highest BCUT2D eigenvalue weighted by molar-refractivity contribution is 6.10. The summed E-state index contributed by atoms with van der Waals surface area (Å²) < 4.78 is 5.18. The van der Waals surface area contributed by atoms with E-state index in [2.05, 4.69) is 5.32 Å². The van der Waals surface area contributed by atoms with Crippen LogP contribution in [0.2, 0.25) is 0 Å². The number of nitrogens with one attached hydrogen (secondary N) is 1. The molecule has 1 heterocycles. The van der Waals surface area contributed by atoms with Crippen LogP contribution in [0.4, 0.5) is 11.4 Å². The molecule has 1 unspecified atom stereocenters. The quantitative estimate of drug-likeness (QED) is 0.866. The molecule has 1 aliphatic rings. The number of fused-ring (bicyclic) bond motifs is 1. The summed E-state index contributed by atoms with van der Waals surface area (Å²) in [7, 11) is 0. The number of rotatable bonds is 4. The van der Waals surface area contributed by atoms with Crippen molar-refractivity contribution in [3.8, 4) is 0 Å². The predicted molar refractivity (Wildman–Crippen MR) is 82.3 cm³/mol. The number of ether oxygens (including phenoxy) is 1. The number of para-hydroxylation sites is 2. The van der Waals surface area contributed by atoms with Gasteiger partial charge in [0.15, 0.2) is 0 Å². The Morgan fingerprint density at radius 2 is 2.05 bits per heavy atom. The van der Waals surface area contributed by atoms with E-state index in [0.29, 0.717) is 12.3 Å². The Morgan fingerprint density at radius 3 is 2.71 bits per heavy atom. The van der Waals surface area contributed by atoms with Crippen molar-refractivity contribution in [2.24, 2.45) is 0 Å². The molecule has 114 valence electrons. The summed E-state index contributed by atoms with van der Waals surface area (Å²) in [5, 5.41) is 3.21. The SMILES string of the molecule is CCCOC(=O)C(C)N1C(=O)C(C)(C)Nc2ccccc21. The van der Waals surface area contributed by atoms with Crippen molar-refractivity contribution in [2.75, 3.05) is 16.8 Å². The van der Waals surface area contributed by atoms with E-state index in [1.807, 2.05) is 45.0 Å². The minimum atomic E-state index is -0.756. The number of anilines is 2. The highest BCUT2D eigenvalue weighted by Crippen LogP contribution is 2.36. The van der Waals surface area contributed by atoms with Gasteiger partial charge in [0.25, 0.3) is 5.91 Å². The number of esters is 1. The summed E-state index contributed by atoms with van der Waals surface area (Å²) >= 11 is 0. The summed E-state index contributed by atoms with van der Waals surface area (Å²) in [5.74, 6) is -0.514. The standard InChI is InChI=1S/C16H22N2O3/c1-5-10-21-14(19)11(2)18-13-9-7-6-8-12(13)17-16(3,4)15(18)20/h6-9,11,17H,5,10H2,1-4H3. The lowest BCUT2D eigenvalue weighted by molar-refractivity contribution is -0.146. The molecule has 0 fully saturated rings. The third-order valence-electron chi connectivity index (χ3n) is 3.54. The van der Waals surface area contributed by atoms with Crippen LogP contribution in [0, 0.1) is 0 Å². The van der Waals surface area contributed by atoms with Crippen LogP contribution in [0.5, 0.6) is 0 Å². The molecule has 5 heteroatoms. The monoisotopic (exact) mass is 290 g/mol. The first-order valence-electron chi connectivity index (χ1n) is 7.26. The lowest BCUT2D eigenvalue weighted by Crippen LogP contribution is -2.58. The highest BCUT2D eigenvalue weighted by Gasteiger charge is 2.42. The third kappa shape index (κ3) is 2.86. The average Bonchev–Trinajstić information content (AvgIpc) is 2.45. The zero-order valence-corrected chi connectivity index (χ0v) is 13.0. The molecule has 1 aromatic rings. The number of carbonyl (C=O) groups is 2. The van der Waals surface area contributed by atoms with Crippen LogP contribution in [-0.2, 0) is 14.3 Å². The normalized spacial score (nSPS) is 17.7. The summed E-state index contributed by atoms with van der Waals surface area (Å²) in [6, 6.07) is 6.84. The Labute approximate surface area is 125 Å². The van der Waals surface area contributed by atoms with Gasteiger partial charge in [-0.05, 0) is 39.3 Å². The maximum Gasteiger partial charge on any atom is 0.328 e. The first kappa shape index (κ1) is 15.4. The van der Waals surface area contributed by atoms with E-state index >= 15 is 0 Å². The van der Waals surface area contributed by atoms with Gasteiger partial charge >= 0.3 is 5.97 Å². The van der Waals surface area contributed by atoms with Crippen molar-refractivity contribution < 1.29 is 14.3 Å². The molecule has 21 heavy (non-hydrogen) atoms. The smallest absolute Gasteiger partial charge is 0.328 e. The minimum Gasteiger partial charge on any atom is -0.464 e. The molecular formula is C16H22N2O3. The van der Waals surface area contributed by atoms with Crippen LogP contribution in [0.25, 0.3) is 0 Å². The van der Waals surface area contributed by atoms with Crippen LogP contribution in [0.1, 0.15) is 34.1 Å². The molecule has 1 aromatic carbocycles. The first-order valence-corrected chi connectivity index (χ1v) is 7.26. The molecule has 1 aliphatic heterocycles. The largest absolute Gasteiger partial charge is 0.464 e. The average molecular weight is 290 g/mol. The molecule has 0 aromatic heterocycles. The van der Waals surface area contributed by atoms with Crippen LogP contribution in [0.3, 0.4) is 0 Å². The van der Waals surface area contributed by atoms with Crippen LogP contribution in [0.15, 0.2) is 24.3 Å². The van der Waals surface area contributed by atoms with E-state index < -0.39 is 11.6 Å². The van der Waals surface area contributed by atoms with Gasteiger partial charge in [-0.3, -0.25) is 9.69 Å². The Kier molecular flexibility index (Phi) is 4.21. The molecule has 5 nitrogen and oxygen atoms in total. The molecule has 1 amide bonds. The molecule has 0 saturated heterocycles. The number of benzene rings is 1. The van der Waals surface area contributed by atoms with Gasteiger partial charge in [-0.1, -0.05) is 19.1 Å². The van der Waals surface area contributed by atoms with Crippen molar-refractivity contribution in [3.05, 3.63) is 24.3 Å². The summed E-state index contributed by atoms with van der Waals surface area (Å²) in [5.41, 5.74) is 0.799. The second-order valence-electron chi connectivity index (χ2n) is 5.79. The fourth-order valence-corrected chi connectivity index (χ4v) is 2.40. The molecule has 1 atom stereocenters. The van der Waals surface area contributed by atoms with Gasteiger partial charge < -0.3 is 10.1 Å². The van der Waals surface area contributed by atoms with Gasteiger partial charge in [0.05, 0.1) is 18.0 Å². The Bertz CT molecular complexity index is 554. The molecule has 1 N–H and O–H groups in total. The number of nitrogens with zero attached hydrogens (tertiary/aromatic N) is 1. The van der Waals surface area contributed by atoms with Gasteiger partial charge in [0.2, 0.25) is 0 Å². The van der Waals surface area contributed by atoms with Gasteiger partial charge in [0.1, 0.15) is 11.6 Å². The zero-order valence-electron chi connectivity index (χ0n) is 13.0. The van der Waals surface area contributed by atoms with Crippen LogP contribution in [-0.4, -0.2) is 30.1 Å². The third-order valence-corrected chi connectivity index (χ3v) is 3.54. The van der Waals surface area contributed by atoms with Crippen molar-refractivity contribution in [1.29, 1.82) is 0 Å². The summed E-state index contributed by atoms with van der Waals surface area (Å²) in [4.78, 5) is 26.3. The van der Waals surface area contributed by atoms with E-state index in [1.165, 1.54) is 4.90 Å². The predicted octanol–water partition coefficient (Wildman–Crippen LogP) is 2.57. The Balaban J connectivity index is 2.36. The van der Waals surface area contributed by atoms with Gasteiger partial charge in [-0.25, -0.2) is 4.79 Å².